The molecule has 1 aliphatic rings. The molecule has 182 valence electrons. The smallest absolute Gasteiger partial charge is 0.268 e. The Bertz CT molecular complexity index is 972. The summed E-state index contributed by atoms with van der Waals surface area (Å²) in [5.74, 6) is -1.57. The van der Waals surface area contributed by atoms with E-state index in [2.05, 4.69) is 21.3 Å². The van der Waals surface area contributed by atoms with Crippen molar-refractivity contribution in [3.63, 3.8) is 0 Å². The van der Waals surface area contributed by atoms with E-state index in [1.807, 2.05) is 24.3 Å². The fourth-order valence-corrected chi connectivity index (χ4v) is 3.76. The summed E-state index contributed by atoms with van der Waals surface area (Å²) in [6.07, 6.45) is 1.12. The zero-order chi connectivity index (χ0) is 24.5. The molecule has 0 aliphatic carbocycles. The van der Waals surface area contributed by atoms with Gasteiger partial charge in [0.25, 0.3) is 11.8 Å². The highest BCUT2D eigenvalue weighted by Gasteiger charge is 2.25. The first kappa shape index (κ1) is 25.3. The Morgan fingerprint density at radius 3 is 2.26 bits per heavy atom. The van der Waals surface area contributed by atoms with E-state index in [0.29, 0.717) is 17.3 Å². The van der Waals surface area contributed by atoms with E-state index >= 15 is 0 Å². The van der Waals surface area contributed by atoms with Crippen LogP contribution in [0, 0.1) is 0 Å². The van der Waals surface area contributed by atoms with Crippen molar-refractivity contribution in [1.29, 1.82) is 0 Å². The summed E-state index contributed by atoms with van der Waals surface area (Å²) >= 11 is 0. The van der Waals surface area contributed by atoms with Gasteiger partial charge >= 0.3 is 0 Å². The highest BCUT2D eigenvalue weighted by molar-refractivity contribution is 5.98. The van der Waals surface area contributed by atoms with Gasteiger partial charge in [-0.25, -0.2) is 5.48 Å². The van der Waals surface area contributed by atoms with Crippen molar-refractivity contribution in [3.05, 3.63) is 54.1 Å². The number of rotatable bonds is 10. The molecule has 3 rings (SSSR count). The Labute approximate surface area is 198 Å². The van der Waals surface area contributed by atoms with Gasteiger partial charge in [0.2, 0.25) is 5.91 Å². The average Bonchev–Trinajstić information content (AvgIpc) is 3.36. The summed E-state index contributed by atoms with van der Waals surface area (Å²) in [5, 5.41) is 30.2. The van der Waals surface area contributed by atoms with Crippen LogP contribution < -0.4 is 26.7 Å². The van der Waals surface area contributed by atoms with Crippen LogP contribution in [0.1, 0.15) is 30.1 Å². The lowest BCUT2D eigenvalue weighted by Crippen LogP contribution is -2.51. The zero-order valence-electron chi connectivity index (χ0n) is 19.0. The van der Waals surface area contributed by atoms with Gasteiger partial charge in [0, 0.05) is 23.8 Å². The Kier molecular flexibility index (Phi) is 9.11. The maximum atomic E-state index is 12.4. The number of benzene rings is 2. The van der Waals surface area contributed by atoms with Gasteiger partial charge < -0.3 is 26.4 Å². The van der Waals surface area contributed by atoms with E-state index in [-0.39, 0.29) is 12.5 Å². The molecule has 3 atom stereocenters. The lowest BCUT2D eigenvalue weighted by molar-refractivity contribution is -0.133. The van der Waals surface area contributed by atoms with Gasteiger partial charge in [0.15, 0.2) is 0 Å². The molecule has 2 aromatic carbocycles. The van der Waals surface area contributed by atoms with Crippen LogP contribution in [0.5, 0.6) is 0 Å². The molecule has 0 spiro atoms. The molecule has 7 N–H and O–H groups in total. The van der Waals surface area contributed by atoms with Crippen LogP contribution >= 0.6 is 0 Å². The second kappa shape index (κ2) is 12.2. The van der Waals surface area contributed by atoms with Crippen LogP contribution in [0.3, 0.4) is 0 Å². The molecular weight excluding hydrogens is 438 g/mol. The van der Waals surface area contributed by atoms with E-state index in [1.54, 1.807) is 24.3 Å². The number of hydrogen-bond acceptors (Lipinski definition) is 7. The molecule has 34 heavy (non-hydrogen) atoms. The highest BCUT2D eigenvalue weighted by atomic mass is 16.5. The molecule has 1 heterocycles. The Morgan fingerprint density at radius 2 is 1.71 bits per heavy atom. The van der Waals surface area contributed by atoms with Crippen molar-refractivity contribution in [3.8, 4) is 11.1 Å². The van der Waals surface area contributed by atoms with Gasteiger partial charge in [0.05, 0.1) is 12.6 Å². The molecule has 1 aliphatic heterocycles. The topological polar surface area (TPSA) is 152 Å². The Balaban J connectivity index is 1.52. The number of amides is 3. The number of nitrogens with one attached hydrogen (secondary N) is 5. The molecule has 3 amide bonds. The number of hydrogen-bond donors (Lipinski definition) is 7. The van der Waals surface area contributed by atoms with Crippen molar-refractivity contribution >= 4 is 23.4 Å². The van der Waals surface area contributed by atoms with Crippen LogP contribution in [0.25, 0.3) is 11.1 Å². The lowest BCUT2D eigenvalue weighted by atomic mass is 10.0. The summed E-state index contributed by atoms with van der Waals surface area (Å²) in [5.41, 5.74) is 4.17. The SMILES string of the molecule is C[C@@H](O)[C@H](NC(=O)c1ccc(-c2ccc(NC(=O)CNC[C@H]3CCCN3)cc2)cc1)C(=O)NO. The quantitative estimate of drug-likeness (QED) is 0.199. The molecule has 1 saturated heterocycles. The van der Waals surface area contributed by atoms with Crippen LogP contribution in [0.2, 0.25) is 0 Å². The Morgan fingerprint density at radius 1 is 1.06 bits per heavy atom. The fourth-order valence-electron chi connectivity index (χ4n) is 3.76. The first-order chi connectivity index (χ1) is 16.4. The minimum Gasteiger partial charge on any atom is -0.391 e. The standard InChI is InChI=1S/C24H31N5O5/c1-15(30)22(24(33)29-34)28-23(32)18-6-4-16(5-7-18)17-8-10-19(11-9-17)27-21(31)14-25-13-20-3-2-12-26-20/h4-11,15,20,22,25-26,30,34H,2-3,12-14H2,1H3,(H,27,31)(H,28,32)(H,29,33)/t15-,20-,22+/m1/s1. The van der Waals surface area contributed by atoms with Crippen molar-refractivity contribution in [2.24, 2.45) is 0 Å². The minimum atomic E-state index is -1.28. The maximum Gasteiger partial charge on any atom is 0.268 e. The molecule has 10 heteroatoms. The van der Waals surface area contributed by atoms with Crippen LogP contribution in [-0.4, -0.2) is 65.9 Å². The van der Waals surface area contributed by atoms with E-state index in [4.69, 9.17) is 5.21 Å². The number of carbonyl (C=O) groups excluding carboxylic acids is 3. The number of hydroxylamine groups is 1. The molecule has 2 aromatic rings. The summed E-state index contributed by atoms with van der Waals surface area (Å²) in [6.45, 7) is 3.39. The van der Waals surface area contributed by atoms with Crippen molar-refractivity contribution in [2.75, 3.05) is 25.0 Å². The van der Waals surface area contributed by atoms with E-state index in [1.165, 1.54) is 18.8 Å². The van der Waals surface area contributed by atoms with Crippen LogP contribution in [0.15, 0.2) is 48.5 Å². The third-order valence-electron chi connectivity index (χ3n) is 5.65. The van der Waals surface area contributed by atoms with Gasteiger partial charge in [-0.05, 0) is 61.7 Å². The summed E-state index contributed by atoms with van der Waals surface area (Å²) in [4.78, 5) is 36.1. The summed E-state index contributed by atoms with van der Waals surface area (Å²) < 4.78 is 0. The predicted molar refractivity (Wildman–Crippen MR) is 127 cm³/mol. The molecule has 0 saturated carbocycles. The third-order valence-corrected chi connectivity index (χ3v) is 5.65. The fraction of sp³-hybridized carbons (Fsp3) is 0.375. The molecule has 10 nitrogen and oxygen atoms in total. The third kappa shape index (κ3) is 7.09. The predicted octanol–water partition coefficient (Wildman–Crippen LogP) is 0.618. The molecule has 0 aromatic heterocycles. The second-order valence-electron chi connectivity index (χ2n) is 8.29. The van der Waals surface area contributed by atoms with E-state index in [9.17, 15) is 19.5 Å². The zero-order valence-corrected chi connectivity index (χ0v) is 19.0. The number of aliphatic hydroxyl groups is 1. The normalized spacial score (nSPS) is 17.0. The largest absolute Gasteiger partial charge is 0.391 e. The van der Waals surface area contributed by atoms with E-state index < -0.39 is 24.0 Å². The second-order valence-corrected chi connectivity index (χ2v) is 8.29. The van der Waals surface area contributed by atoms with Gasteiger partial charge in [-0.15, -0.1) is 0 Å². The lowest BCUT2D eigenvalue weighted by Gasteiger charge is -2.19. The van der Waals surface area contributed by atoms with Crippen molar-refractivity contribution in [1.82, 2.24) is 21.4 Å². The molecule has 0 radical (unpaired) electrons. The first-order valence-corrected chi connectivity index (χ1v) is 11.2. The molecule has 0 unspecified atom stereocenters. The van der Waals surface area contributed by atoms with Gasteiger partial charge in [0.1, 0.15) is 6.04 Å². The van der Waals surface area contributed by atoms with Crippen molar-refractivity contribution in [2.45, 2.75) is 38.0 Å². The minimum absolute atomic E-state index is 0.105. The van der Waals surface area contributed by atoms with Gasteiger partial charge in [-0.1, -0.05) is 24.3 Å². The van der Waals surface area contributed by atoms with Crippen LogP contribution in [-0.2, 0) is 9.59 Å². The number of anilines is 1. The maximum absolute atomic E-state index is 12.4. The van der Waals surface area contributed by atoms with Gasteiger partial charge in [-0.2, -0.15) is 0 Å². The number of aliphatic hydroxyl groups excluding tert-OH is 1. The molecular formula is C24H31N5O5. The van der Waals surface area contributed by atoms with E-state index in [0.717, 1.165) is 30.6 Å². The highest BCUT2D eigenvalue weighted by Crippen LogP contribution is 2.22. The molecule has 1 fully saturated rings. The summed E-state index contributed by atoms with van der Waals surface area (Å²) in [6, 6.07) is 13.2. The molecule has 0 bridgehead atoms. The van der Waals surface area contributed by atoms with Crippen molar-refractivity contribution < 1.29 is 24.7 Å². The monoisotopic (exact) mass is 469 g/mol. The van der Waals surface area contributed by atoms with Crippen LogP contribution in [0.4, 0.5) is 5.69 Å². The average molecular weight is 470 g/mol. The number of carbonyl (C=O) groups is 3. The first-order valence-electron chi connectivity index (χ1n) is 11.2. The summed E-state index contributed by atoms with van der Waals surface area (Å²) in [7, 11) is 0. The van der Waals surface area contributed by atoms with Gasteiger partial charge in [-0.3, -0.25) is 19.6 Å². The Hall–Kier alpha value is -3.31.